The normalized spacial score (nSPS) is 40.4. The van der Waals surface area contributed by atoms with Gasteiger partial charge in [0.05, 0.1) is 6.54 Å². The molecule has 4 atom stereocenters. The lowest BCUT2D eigenvalue weighted by molar-refractivity contribution is 0.211. The average molecular weight is 192 g/mol. The van der Waals surface area contributed by atoms with E-state index in [1.165, 1.54) is 19.3 Å². The van der Waals surface area contributed by atoms with Gasteiger partial charge in [-0.3, -0.25) is 4.90 Å². The fraction of sp³-hybridized carbons (Fsp3) is 0.833. The Hall–Kier alpha value is -0.520. The number of terminal acetylenes is 1. The first-order valence-corrected chi connectivity index (χ1v) is 5.60. The molecule has 0 amide bonds. The number of fused-ring (bicyclic) bond motifs is 2. The second kappa shape index (κ2) is 3.92. The maximum absolute atomic E-state index is 6.23. The summed E-state index contributed by atoms with van der Waals surface area (Å²) in [6.07, 6.45) is 9.42. The van der Waals surface area contributed by atoms with Crippen LogP contribution in [0.4, 0.5) is 0 Å². The van der Waals surface area contributed by atoms with Crippen molar-refractivity contribution in [1.82, 2.24) is 4.90 Å². The van der Waals surface area contributed by atoms with E-state index in [1.807, 2.05) is 0 Å². The monoisotopic (exact) mass is 192 g/mol. The molecular weight excluding hydrogens is 172 g/mol. The first-order valence-electron chi connectivity index (χ1n) is 5.60. The Morgan fingerprint density at radius 2 is 2.14 bits per heavy atom. The molecule has 0 aliphatic heterocycles. The molecule has 0 heterocycles. The zero-order valence-corrected chi connectivity index (χ0v) is 8.95. The van der Waals surface area contributed by atoms with E-state index in [2.05, 4.69) is 17.9 Å². The molecule has 0 saturated heterocycles. The Kier molecular flexibility index (Phi) is 2.80. The molecule has 2 heteroatoms. The summed E-state index contributed by atoms with van der Waals surface area (Å²) in [7, 11) is 2.10. The van der Waals surface area contributed by atoms with Gasteiger partial charge in [-0.05, 0) is 44.1 Å². The minimum atomic E-state index is 0.439. The second-order valence-electron chi connectivity index (χ2n) is 4.98. The van der Waals surface area contributed by atoms with Crippen LogP contribution in [0.2, 0.25) is 0 Å². The Balaban J connectivity index is 1.90. The summed E-state index contributed by atoms with van der Waals surface area (Å²) in [6, 6.07) is 0.439. The van der Waals surface area contributed by atoms with E-state index in [0.29, 0.717) is 12.0 Å². The Morgan fingerprint density at radius 1 is 1.43 bits per heavy atom. The van der Waals surface area contributed by atoms with Gasteiger partial charge in [0.25, 0.3) is 0 Å². The van der Waals surface area contributed by atoms with Crippen molar-refractivity contribution < 1.29 is 0 Å². The van der Waals surface area contributed by atoms with Gasteiger partial charge in [0.1, 0.15) is 0 Å². The van der Waals surface area contributed by atoms with Gasteiger partial charge in [-0.25, -0.2) is 0 Å². The van der Waals surface area contributed by atoms with Gasteiger partial charge in [0, 0.05) is 12.6 Å². The van der Waals surface area contributed by atoms with Crippen molar-refractivity contribution in [2.24, 2.45) is 23.5 Å². The Labute approximate surface area is 86.8 Å². The highest BCUT2D eigenvalue weighted by Gasteiger charge is 2.45. The van der Waals surface area contributed by atoms with E-state index in [1.54, 1.807) is 0 Å². The average Bonchev–Trinajstić information content (AvgIpc) is 2.70. The van der Waals surface area contributed by atoms with Crippen LogP contribution in [0.1, 0.15) is 19.3 Å². The highest BCUT2D eigenvalue weighted by molar-refractivity contribution is 5.00. The lowest BCUT2D eigenvalue weighted by Gasteiger charge is -2.31. The predicted octanol–water partition coefficient (Wildman–Crippen LogP) is 0.925. The largest absolute Gasteiger partial charge is 0.327 e. The maximum Gasteiger partial charge on any atom is 0.0596 e. The van der Waals surface area contributed by atoms with Gasteiger partial charge in [-0.15, -0.1) is 6.42 Å². The third kappa shape index (κ3) is 1.67. The van der Waals surface area contributed by atoms with Crippen molar-refractivity contribution in [1.29, 1.82) is 0 Å². The van der Waals surface area contributed by atoms with Crippen molar-refractivity contribution in [3.8, 4) is 12.3 Å². The lowest BCUT2D eigenvalue weighted by Crippen LogP contribution is -2.41. The van der Waals surface area contributed by atoms with E-state index in [9.17, 15) is 0 Å². The molecule has 2 aliphatic carbocycles. The molecule has 2 bridgehead atoms. The molecule has 0 aromatic rings. The van der Waals surface area contributed by atoms with Gasteiger partial charge >= 0.3 is 0 Å². The quantitative estimate of drug-likeness (QED) is 0.674. The first kappa shape index (κ1) is 10.0. The fourth-order valence-corrected chi connectivity index (χ4v) is 3.31. The summed E-state index contributed by atoms with van der Waals surface area (Å²) < 4.78 is 0. The van der Waals surface area contributed by atoms with Crippen LogP contribution in [0, 0.1) is 30.1 Å². The van der Waals surface area contributed by atoms with Crippen molar-refractivity contribution >= 4 is 0 Å². The summed E-state index contributed by atoms with van der Waals surface area (Å²) in [5, 5.41) is 0. The Bertz CT molecular complexity index is 241. The van der Waals surface area contributed by atoms with Gasteiger partial charge in [-0.2, -0.15) is 0 Å². The SMILES string of the molecule is C#CCN(C)CC1C2CCC(C2)C1N. The lowest BCUT2D eigenvalue weighted by atomic mass is 9.84. The molecule has 78 valence electrons. The number of hydrogen-bond acceptors (Lipinski definition) is 2. The molecule has 0 aromatic carbocycles. The fourth-order valence-electron chi connectivity index (χ4n) is 3.31. The van der Waals surface area contributed by atoms with Gasteiger partial charge in [-0.1, -0.05) is 5.92 Å². The van der Waals surface area contributed by atoms with Crippen LogP contribution < -0.4 is 5.73 Å². The third-order valence-corrected chi connectivity index (χ3v) is 4.04. The van der Waals surface area contributed by atoms with E-state index in [4.69, 9.17) is 12.2 Å². The molecule has 2 rings (SSSR count). The number of hydrogen-bond donors (Lipinski definition) is 1. The maximum atomic E-state index is 6.23. The molecule has 0 aromatic heterocycles. The summed E-state index contributed by atoms with van der Waals surface area (Å²) >= 11 is 0. The molecule has 0 spiro atoms. The van der Waals surface area contributed by atoms with Crippen molar-refractivity contribution in [3.05, 3.63) is 0 Å². The summed E-state index contributed by atoms with van der Waals surface area (Å²) in [6.45, 7) is 1.84. The van der Waals surface area contributed by atoms with Crippen LogP contribution in [0.3, 0.4) is 0 Å². The summed E-state index contributed by atoms with van der Waals surface area (Å²) in [5.74, 6) is 5.08. The van der Waals surface area contributed by atoms with Crippen molar-refractivity contribution in [3.63, 3.8) is 0 Å². The van der Waals surface area contributed by atoms with E-state index < -0.39 is 0 Å². The molecule has 2 saturated carbocycles. The van der Waals surface area contributed by atoms with Crippen molar-refractivity contribution in [2.45, 2.75) is 25.3 Å². The van der Waals surface area contributed by atoms with Crippen LogP contribution in [-0.4, -0.2) is 31.1 Å². The van der Waals surface area contributed by atoms with Crippen LogP contribution in [-0.2, 0) is 0 Å². The second-order valence-corrected chi connectivity index (χ2v) is 4.98. The smallest absolute Gasteiger partial charge is 0.0596 e. The van der Waals surface area contributed by atoms with Crippen LogP contribution in [0.5, 0.6) is 0 Å². The molecule has 0 radical (unpaired) electrons. The van der Waals surface area contributed by atoms with Gasteiger partial charge in [0.15, 0.2) is 0 Å². The third-order valence-electron chi connectivity index (χ3n) is 4.04. The number of nitrogens with two attached hydrogens (primary N) is 1. The van der Waals surface area contributed by atoms with E-state index >= 15 is 0 Å². The molecule has 14 heavy (non-hydrogen) atoms. The molecule has 2 fully saturated rings. The van der Waals surface area contributed by atoms with Crippen LogP contribution >= 0.6 is 0 Å². The predicted molar refractivity (Wildman–Crippen MR) is 58.6 cm³/mol. The summed E-state index contributed by atoms with van der Waals surface area (Å²) in [4.78, 5) is 2.23. The van der Waals surface area contributed by atoms with E-state index in [-0.39, 0.29) is 0 Å². The molecule has 2 nitrogen and oxygen atoms in total. The minimum Gasteiger partial charge on any atom is -0.327 e. The van der Waals surface area contributed by atoms with Crippen LogP contribution in [0.15, 0.2) is 0 Å². The first-order chi connectivity index (χ1) is 6.72. The molecular formula is C12H20N2. The number of rotatable bonds is 3. The molecule has 2 aliphatic rings. The highest BCUT2D eigenvalue weighted by Crippen LogP contribution is 2.47. The van der Waals surface area contributed by atoms with E-state index in [0.717, 1.165) is 24.9 Å². The minimum absolute atomic E-state index is 0.439. The van der Waals surface area contributed by atoms with Crippen molar-refractivity contribution in [2.75, 3.05) is 20.1 Å². The highest BCUT2D eigenvalue weighted by atomic mass is 15.1. The van der Waals surface area contributed by atoms with Gasteiger partial charge in [0.2, 0.25) is 0 Å². The Morgan fingerprint density at radius 3 is 2.71 bits per heavy atom. The zero-order chi connectivity index (χ0) is 10.1. The van der Waals surface area contributed by atoms with Gasteiger partial charge < -0.3 is 5.73 Å². The molecule has 2 N–H and O–H groups in total. The molecule has 4 unspecified atom stereocenters. The van der Waals surface area contributed by atoms with Crippen LogP contribution in [0.25, 0.3) is 0 Å². The zero-order valence-electron chi connectivity index (χ0n) is 8.95. The topological polar surface area (TPSA) is 29.3 Å². The number of nitrogens with zero attached hydrogens (tertiary/aromatic N) is 1. The summed E-state index contributed by atoms with van der Waals surface area (Å²) in [5.41, 5.74) is 6.23. The standard InChI is InChI=1S/C12H20N2/c1-3-6-14(2)8-11-9-4-5-10(7-9)12(11)13/h1,9-12H,4-8,13H2,2H3.